The molecule has 4 nitrogen and oxygen atoms in total. The Kier molecular flexibility index (Phi) is 4.21. The van der Waals surface area contributed by atoms with E-state index in [2.05, 4.69) is 26.6 Å². The van der Waals surface area contributed by atoms with E-state index in [1.165, 1.54) is 0 Å². The first-order chi connectivity index (χ1) is 8.95. The molecule has 1 aliphatic rings. The number of amides is 1. The Hall–Kier alpha value is -1.40. The summed E-state index contributed by atoms with van der Waals surface area (Å²) in [6.07, 6.45) is 1.78. The van der Waals surface area contributed by atoms with Crippen LogP contribution >= 0.6 is 28.1 Å². The Morgan fingerprint density at radius 1 is 1.37 bits per heavy atom. The second kappa shape index (κ2) is 5.71. The predicted octanol–water partition coefficient (Wildman–Crippen LogP) is 2.58. The smallest absolute Gasteiger partial charge is 0.273 e. The first-order valence-corrected chi connectivity index (χ1v) is 6.96. The van der Waals surface area contributed by atoms with Crippen molar-refractivity contribution in [2.24, 2.45) is 0 Å². The van der Waals surface area contributed by atoms with Gasteiger partial charge in [-0.1, -0.05) is 15.9 Å². The van der Waals surface area contributed by atoms with Crippen LogP contribution in [0.1, 0.15) is 19.4 Å². The fourth-order valence-electron chi connectivity index (χ4n) is 1.63. The van der Waals surface area contributed by atoms with Crippen molar-refractivity contribution in [3.63, 3.8) is 0 Å². The molecule has 1 aliphatic heterocycles. The maximum Gasteiger partial charge on any atom is 0.273 e. The summed E-state index contributed by atoms with van der Waals surface area (Å²) in [5.74, 6) is 0.485. The normalized spacial score (nSPS) is 16.7. The van der Waals surface area contributed by atoms with Crippen LogP contribution in [0.15, 0.2) is 28.4 Å². The quantitative estimate of drug-likeness (QED) is 0.655. The molecule has 100 valence electrons. The van der Waals surface area contributed by atoms with Gasteiger partial charge in [0.25, 0.3) is 5.91 Å². The summed E-state index contributed by atoms with van der Waals surface area (Å²) in [4.78, 5) is 11.6. The Morgan fingerprint density at radius 2 is 2.11 bits per heavy atom. The van der Waals surface area contributed by atoms with Gasteiger partial charge in [0, 0.05) is 10.0 Å². The minimum Gasteiger partial charge on any atom is -0.490 e. The van der Waals surface area contributed by atoms with E-state index < -0.39 is 0 Å². The van der Waals surface area contributed by atoms with E-state index >= 15 is 0 Å². The molecule has 0 aliphatic carbocycles. The molecule has 0 radical (unpaired) electrons. The minimum absolute atomic E-state index is 0.0600. The van der Waals surface area contributed by atoms with Crippen LogP contribution < -0.4 is 15.4 Å². The number of carbonyl (C=O) groups excluding carboxylic acids is 1. The molecule has 0 aromatic heterocycles. The number of halogens is 1. The molecule has 0 bridgehead atoms. The zero-order chi connectivity index (χ0) is 14.0. The summed E-state index contributed by atoms with van der Waals surface area (Å²) < 4.78 is 6.63. The lowest BCUT2D eigenvalue weighted by Gasteiger charge is -2.13. The summed E-state index contributed by atoms with van der Waals surface area (Å²) in [5, 5.41) is 5.65. The molecule has 1 saturated heterocycles. The van der Waals surface area contributed by atoms with E-state index in [1.54, 1.807) is 6.08 Å². The molecule has 1 aromatic rings. The van der Waals surface area contributed by atoms with Crippen molar-refractivity contribution >= 4 is 45.2 Å². The van der Waals surface area contributed by atoms with E-state index in [-0.39, 0.29) is 12.0 Å². The second-order valence-electron chi connectivity index (χ2n) is 4.32. The largest absolute Gasteiger partial charge is 0.490 e. The van der Waals surface area contributed by atoms with Gasteiger partial charge < -0.3 is 10.1 Å². The molecule has 1 amide bonds. The van der Waals surface area contributed by atoms with E-state index in [1.807, 2.05) is 32.0 Å². The van der Waals surface area contributed by atoms with Crippen LogP contribution in [0.3, 0.4) is 0 Å². The number of nitrogens with one attached hydrogen (secondary N) is 2. The minimum atomic E-state index is -0.236. The molecule has 0 atom stereocenters. The third-order valence-corrected chi connectivity index (χ3v) is 3.05. The molecule has 2 N–H and O–H groups in total. The molecule has 6 heteroatoms. The lowest BCUT2D eigenvalue weighted by molar-refractivity contribution is -0.115. The number of benzene rings is 1. The van der Waals surface area contributed by atoms with E-state index in [0.717, 1.165) is 15.8 Å². The van der Waals surface area contributed by atoms with Crippen LogP contribution in [0, 0.1) is 0 Å². The van der Waals surface area contributed by atoms with Crippen LogP contribution in [-0.4, -0.2) is 17.1 Å². The van der Waals surface area contributed by atoms with Gasteiger partial charge in [0.05, 0.1) is 6.10 Å². The van der Waals surface area contributed by atoms with Crippen molar-refractivity contribution in [1.29, 1.82) is 0 Å². The SMILES string of the molecule is CC(C)Oc1ccc(Br)cc1/C=C1\NC(=S)NC1=O. The molecule has 2 rings (SSSR count). The fourth-order valence-corrected chi connectivity index (χ4v) is 2.21. The summed E-state index contributed by atoms with van der Waals surface area (Å²) >= 11 is 8.30. The van der Waals surface area contributed by atoms with Gasteiger partial charge in [-0.15, -0.1) is 0 Å². The number of thiocarbonyl (C=S) groups is 1. The lowest BCUT2D eigenvalue weighted by atomic mass is 10.1. The van der Waals surface area contributed by atoms with Crippen molar-refractivity contribution in [3.05, 3.63) is 33.9 Å². The van der Waals surface area contributed by atoms with Gasteiger partial charge in [-0.25, -0.2) is 0 Å². The molecular weight excluding hydrogens is 328 g/mol. The molecule has 0 saturated carbocycles. The number of ether oxygens (including phenoxy) is 1. The molecule has 1 aromatic carbocycles. The zero-order valence-electron chi connectivity index (χ0n) is 10.5. The highest BCUT2D eigenvalue weighted by Gasteiger charge is 2.20. The van der Waals surface area contributed by atoms with Crippen molar-refractivity contribution in [3.8, 4) is 5.75 Å². The highest BCUT2D eigenvalue weighted by Crippen LogP contribution is 2.26. The van der Waals surface area contributed by atoms with Crippen molar-refractivity contribution < 1.29 is 9.53 Å². The first kappa shape index (κ1) is 14.0. The van der Waals surface area contributed by atoms with Crippen molar-refractivity contribution in [2.75, 3.05) is 0 Å². The summed E-state index contributed by atoms with van der Waals surface area (Å²) in [6.45, 7) is 3.91. The van der Waals surface area contributed by atoms with Gasteiger partial charge in [-0.2, -0.15) is 0 Å². The van der Waals surface area contributed by atoms with Crippen LogP contribution in [0.4, 0.5) is 0 Å². The van der Waals surface area contributed by atoms with Crippen LogP contribution in [0.2, 0.25) is 0 Å². The van der Waals surface area contributed by atoms with Gasteiger partial charge in [0.2, 0.25) is 0 Å². The lowest BCUT2D eigenvalue weighted by Crippen LogP contribution is -2.21. The van der Waals surface area contributed by atoms with Gasteiger partial charge in [0.15, 0.2) is 5.11 Å². The number of carbonyl (C=O) groups is 1. The third kappa shape index (κ3) is 3.54. The van der Waals surface area contributed by atoms with E-state index in [9.17, 15) is 4.79 Å². The standard InChI is InChI=1S/C13H13BrN2O2S/c1-7(2)18-11-4-3-9(14)5-8(11)6-10-12(17)16-13(19)15-10/h3-7H,1-2H3,(H2,15,16,17,19)/b10-6-. The second-order valence-corrected chi connectivity index (χ2v) is 5.64. The molecule has 0 spiro atoms. The summed E-state index contributed by atoms with van der Waals surface area (Å²) in [7, 11) is 0. The van der Waals surface area contributed by atoms with Crippen molar-refractivity contribution in [1.82, 2.24) is 10.6 Å². The third-order valence-electron chi connectivity index (χ3n) is 2.35. The van der Waals surface area contributed by atoms with Crippen molar-refractivity contribution in [2.45, 2.75) is 20.0 Å². The van der Waals surface area contributed by atoms with Gasteiger partial charge in [-0.05, 0) is 50.3 Å². The zero-order valence-corrected chi connectivity index (χ0v) is 12.9. The van der Waals surface area contributed by atoms with Crippen LogP contribution in [-0.2, 0) is 4.79 Å². The van der Waals surface area contributed by atoms with Gasteiger partial charge in [0.1, 0.15) is 11.4 Å². The topological polar surface area (TPSA) is 50.4 Å². The van der Waals surface area contributed by atoms with Gasteiger partial charge >= 0.3 is 0 Å². The van der Waals surface area contributed by atoms with Crippen LogP contribution in [0.5, 0.6) is 5.75 Å². The summed E-state index contributed by atoms with van der Waals surface area (Å²) in [5.41, 5.74) is 1.22. The number of rotatable bonds is 3. The van der Waals surface area contributed by atoms with E-state index in [0.29, 0.717) is 10.8 Å². The van der Waals surface area contributed by atoms with Crippen LogP contribution in [0.25, 0.3) is 6.08 Å². The maximum atomic E-state index is 11.6. The number of hydrogen-bond acceptors (Lipinski definition) is 3. The average Bonchev–Trinajstić information content (AvgIpc) is 2.61. The Balaban J connectivity index is 2.38. The Labute approximate surface area is 125 Å². The molecule has 0 unspecified atom stereocenters. The average molecular weight is 341 g/mol. The fraction of sp³-hybridized carbons (Fsp3) is 0.231. The highest BCUT2D eigenvalue weighted by molar-refractivity contribution is 9.10. The molecule has 19 heavy (non-hydrogen) atoms. The first-order valence-electron chi connectivity index (χ1n) is 5.76. The summed E-state index contributed by atoms with van der Waals surface area (Å²) in [6, 6.07) is 5.65. The highest BCUT2D eigenvalue weighted by atomic mass is 79.9. The maximum absolute atomic E-state index is 11.6. The monoisotopic (exact) mass is 340 g/mol. The number of hydrogen-bond donors (Lipinski definition) is 2. The molecule has 1 heterocycles. The van der Waals surface area contributed by atoms with E-state index in [4.69, 9.17) is 17.0 Å². The predicted molar refractivity (Wildman–Crippen MR) is 81.8 cm³/mol. The Bertz CT molecular complexity index is 570. The molecule has 1 fully saturated rings. The Morgan fingerprint density at radius 3 is 2.68 bits per heavy atom. The van der Waals surface area contributed by atoms with Gasteiger partial charge in [-0.3, -0.25) is 10.1 Å². The molecular formula is C13H13BrN2O2S.